The summed E-state index contributed by atoms with van der Waals surface area (Å²) in [6.07, 6.45) is 7.31. The van der Waals surface area contributed by atoms with E-state index in [4.69, 9.17) is 11.3 Å². The summed E-state index contributed by atoms with van der Waals surface area (Å²) in [5, 5.41) is 0. The number of nitrogens with zero attached hydrogens (tertiary/aromatic N) is 5. The summed E-state index contributed by atoms with van der Waals surface area (Å²) in [4.78, 5) is 12.6. The van der Waals surface area contributed by atoms with Crippen molar-refractivity contribution in [3.05, 3.63) is 76.5 Å². The van der Waals surface area contributed by atoms with Crippen LogP contribution in [0, 0.1) is 32.6 Å². The number of hydrogen-bond acceptors (Lipinski definition) is 3. The first-order valence-corrected chi connectivity index (χ1v) is 10.4. The van der Waals surface area contributed by atoms with Crippen LogP contribution < -0.4 is 4.74 Å². The van der Waals surface area contributed by atoms with E-state index in [2.05, 4.69) is 45.4 Å². The van der Waals surface area contributed by atoms with Gasteiger partial charge >= 0.3 is 21.1 Å². The fourth-order valence-corrected chi connectivity index (χ4v) is 4.74. The number of fused-ring (bicyclic) bond motifs is 6. The van der Waals surface area contributed by atoms with Crippen LogP contribution in [0.3, 0.4) is 0 Å². The Morgan fingerprint density at radius 1 is 0.969 bits per heavy atom. The van der Waals surface area contributed by atoms with E-state index in [9.17, 15) is 0 Å². The topological polar surface area (TPSA) is 49.2 Å². The SMILES string of the molecule is [C-]#[N+]c1cnc2n1CCc1c-2[c-]c(Oc2[c-]c3c(c(C)c2)CCn2ccnc2-3)cc1C.[Pt+2]. The van der Waals surface area contributed by atoms with Gasteiger partial charge in [-0.25, -0.2) is 0 Å². The average Bonchev–Trinajstić information content (AvgIpc) is 3.40. The van der Waals surface area contributed by atoms with Gasteiger partial charge in [-0.2, -0.15) is 0 Å². The molecule has 6 rings (SSSR count). The summed E-state index contributed by atoms with van der Waals surface area (Å²) >= 11 is 0. The van der Waals surface area contributed by atoms with Crippen LogP contribution in [0.15, 0.2) is 30.7 Å². The molecule has 4 aromatic rings. The molecule has 6 nitrogen and oxygen atoms in total. The molecule has 0 atom stereocenters. The van der Waals surface area contributed by atoms with Gasteiger partial charge in [0, 0.05) is 36.6 Å². The van der Waals surface area contributed by atoms with Gasteiger partial charge in [0.25, 0.3) is 0 Å². The number of aryl methyl sites for hydroxylation is 3. The largest absolute Gasteiger partial charge is 2.00 e. The summed E-state index contributed by atoms with van der Waals surface area (Å²) in [6.45, 7) is 13.3. The summed E-state index contributed by atoms with van der Waals surface area (Å²) < 4.78 is 10.4. The maximum Gasteiger partial charge on any atom is 2.00 e. The molecule has 0 saturated heterocycles. The Morgan fingerprint density at radius 2 is 1.62 bits per heavy atom. The Balaban J connectivity index is 0.00000216. The molecular formula is C25H19N5OPt. The molecule has 7 heteroatoms. The molecule has 2 aromatic heterocycles. The van der Waals surface area contributed by atoms with Crippen molar-refractivity contribution in [2.45, 2.75) is 39.8 Å². The first kappa shape index (κ1) is 20.7. The van der Waals surface area contributed by atoms with Gasteiger partial charge in [-0.15, -0.1) is 27.8 Å². The first-order chi connectivity index (χ1) is 15.1. The smallest absolute Gasteiger partial charge is 0.497 e. The van der Waals surface area contributed by atoms with E-state index in [-0.39, 0.29) is 21.1 Å². The van der Waals surface area contributed by atoms with Crippen LogP contribution in [0.5, 0.6) is 11.5 Å². The van der Waals surface area contributed by atoms with Crippen molar-refractivity contribution >= 4 is 5.82 Å². The maximum atomic E-state index is 7.37. The van der Waals surface area contributed by atoms with Crippen molar-refractivity contribution in [1.29, 1.82) is 0 Å². The molecule has 0 N–H and O–H groups in total. The zero-order valence-corrected chi connectivity index (χ0v) is 19.9. The molecule has 0 unspecified atom stereocenters. The van der Waals surface area contributed by atoms with Gasteiger partial charge in [-0.3, -0.25) is 9.97 Å². The number of hydrogen-bond donors (Lipinski definition) is 0. The third-order valence-electron chi connectivity index (χ3n) is 6.27. The number of ether oxygens (including phenoxy) is 1. The quantitative estimate of drug-likeness (QED) is 0.302. The fourth-order valence-electron chi connectivity index (χ4n) is 4.74. The van der Waals surface area contributed by atoms with Gasteiger partial charge in [0.1, 0.15) is 5.82 Å². The van der Waals surface area contributed by atoms with Crippen molar-refractivity contribution in [3.8, 4) is 34.3 Å². The molecule has 32 heavy (non-hydrogen) atoms. The van der Waals surface area contributed by atoms with Crippen molar-refractivity contribution in [1.82, 2.24) is 19.1 Å². The van der Waals surface area contributed by atoms with E-state index >= 15 is 0 Å². The summed E-state index contributed by atoms with van der Waals surface area (Å²) in [5.74, 6) is 3.57. The van der Waals surface area contributed by atoms with Gasteiger partial charge in [0.15, 0.2) is 0 Å². The molecule has 0 aliphatic carbocycles. The minimum absolute atomic E-state index is 0. The number of aromatic nitrogens is 4. The molecule has 0 bridgehead atoms. The second-order valence-electron chi connectivity index (χ2n) is 8.09. The Labute approximate surface area is 201 Å². The summed E-state index contributed by atoms with van der Waals surface area (Å²) in [6, 6.07) is 10.9. The van der Waals surface area contributed by atoms with Gasteiger partial charge < -0.3 is 18.7 Å². The van der Waals surface area contributed by atoms with E-state index in [1.807, 2.05) is 29.1 Å². The normalized spacial score (nSPS) is 13.2. The Kier molecular flexibility index (Phi) is 5.02. The van der Waals surface area contributed by atoms with Crippen molar-refractivity contribution in [2.75, 3.05) is 0 Å². The van der Waals surface area contributed by atoms with Crippen molar-refractivity contribution in [3.63, 3.8) is 0 Å². The van der Waals surface area contributed by atoms with Gasteiger partial charge in [-0.05, 0) is 12.8 Å². The molecule has 160 valence electrons. The van der Waals surface area contributed by atoms with Crippen LogP contribution >= 0.6 is 0 Å². The minimum atomic E-state index is 0. The van der Waals surface area contributed by atoms with Crippen LogP contribution in [0.25, 0.3) is 27.6 Å². The maximum absolute atomic E-state index is 7.37. The molecule has 2 aliphatic heterocycles. The van der Waals surface area contributed by atoms with E-state index in [0.717, 1.165) is 54.3 Å². The summed E-state index contributed by atoms with van der Waals surface area (Å²) in [7, 11) is 0. The van der Waals surface area contributed by atoms with E-state index in [1.165, 1.54) is 16.7 Å². The Morgan fingerprint density at radius 3 is 2.31 bits per heavy atom. The standard InChI is InChI=1S/C25H19N5O.Pt/c1-15-10-17(12-21-19(15)4-7-29-9-6-27-24(21)29)31-18-11-16(2)20-5-8-30-23(26-3)14-28-25(30)22(20)13-18;/h6,9-11,14H,4-5,7-8H2,1-2H3;/q-2;+2. The van der Waals surface area contributed by atoms with E-state index < -0.39 is 0 Å². The predicted molar refractivity (Wildman–Crippen MR) is 116 cm³/mol. The van der Waals surface area contributed by atoms with Crippen LogP contribution in [-0.4, -0.2) is 19.1 Å². The van der Waals surface area contributed by atoms with Gasteiger partial charge in [-0.1, -0.05) is 50.2 Å². The van der Waals surface area contributed by atoms with Crippen molar-refractivity contribution in [2.24, 2.45) is 0 Å². The van der Waals surface area contributed by atoms with Crippen LogP contribution in [0.1, 0.15) is 22.3 Å². The van der Waals surface area contributed by atoms with Gasteiger partial charge in [0.05, 0.1) is 12.4 Å². The zero-order valence-electron chi connectivity index (χ0n) is 17.7. The Bertz CT molecular complexity index is 1410. The molecule has 0 amide bonds. The monoisotopic (exact) mass is 600 g/mol. The minimum Gasteiger partial charge on any atom is -0.497 e. The summed E-state index contributed by atoms with van der Waals surface area (Å²) in [5.41, 5.74) is 6.76. The molecule has 4 heterocycles. The van der Waals surface area contributed by atoms with Crippen LogP contribution in [0.4, 0.5) is 5.82 Å². The predicted octanol–water partition coefficient (Wildman–Crippen LogP) is 5.08. The van der Waals surface area contributed by atoms with E-state index in [1.54, 1.807) is 6.20 Å². The molecule has 2 aliphatic rings. The molecule has 2 aromatic carbocycles. The van der Waals surface area contributed by atoms with E-state index in [0.29, 0.717) is 17.3 Å². The van der Waals surface area contributed by atoms with Crippen molar-refractivity contribution < 1.29 is 25.8 Å². The Hall–Kier alpha value is -3.16. The molecule has 0 fully saturated rings. The average molecular weight is 601 g/mol. The third-order valence-corrected chi connectivity index (χ3v) is 6.27. The molecular weight excluding hydrogens is 581 g/mol. The van der Waals surface area contributed by atoms with Crippen LogP contribution in [0.2, 0.25) is 0 Å². The second kappa shape index (κ2) is 7.76. The van der Waals surface area contributed by atoms with Crippen LogP contribution in [-0.2, 0) is 47.0 Å². The number of imidazole rings is 2. The third kappa shape index (κ3) is 3.12. The molecule has 0 radical (unpaired) electrons. The second-order valence-corrected chi connectivity index (χ2v) is 8.09. The fraction of sp³-hybridized carbons (Fsp3) is 0.240. The first-order valence-electron chi connectivity index (χ1n) is 10.4. The number of rotatable bonds is 2. The number of benzene rings is 2. The van der Waals surface area contributed by atoms with Gasteiger partial charge in [0.2, 0.25) is 5.82 Å². The molecule has 0 spiro atoms. The zero-order chi connectivity index (χ0) is 21.1. The molecule has 0 saturated carbocycles.